The zero-order chi connectivity index (χ0) is 23.2. The molecule has 5 rings (SSSR count). The molecule has 3 aromatic rings. The molecule has 8 heteroatoms. The Morgan fingerprint density at radius 1 is 0.970 bits per heavy atom. The third kappa shape index (κ3) is 3.46. The number of fused-ring (bicyclic) bond motifs is 1. The zero-order valence-corrected chi connectivity index (χ0v) is 18.0. The van der Waals surface area contributed by atoms with Gasteiger partial charge in [0.25, 0.3) is 5.91 Å². The van der Waals surface area contributed by atoms with Gasteiger partial charge < -0.3 is 10.6 Å². The molecule has 0 spiro atoms. The maximum absolute atomic E-state index is 14.4. The summed E-state index contributed by atoms with van der Waals surface area (Å²) in [6, 6.07) is 11.3. The fraction of sp³-hybridized carbons (Fsp3) is 0.280. The van der Waals surface area contributed by atoms with Crippen molar-refractivity contribution < 1.29 is 18.4 Å². The molecule has 0 saturated carbocycles. The van der Waals surface area contributed by atoms with Crippen LogP contribution in [0, 0.1) is 11.6 Å². The SMILES string of the molecule is CC[C@@]1(c2ccc(Cc3nc(-c4c(F)cccc4F)nc4c3C(=O)NC4)cc2)CCNC1=O. The molecule has 33 heavy (non-hydrogen) atoms. The van der Waals surface area contributed by atoms with Gasteiger partial charge in [-0.2, -0.15) is 0 Å². The first-order valence-electron chi connectivity index (χ1n) is 10.9. The minimum atomic E-state index is -0.762. The van der Waals surface area contributed by atoms with Crippen molar-refractivity contribution in [3.05, 3.63) is 82.2 Å². The topological polar surface area (TPSA) is 84.0 Å². The van der Waals surface area contributed by atoms with Gasteiger partial charge in [-0.15, -0.1) is 0 Å². The molecule has 1 aromatic heterocycles. The molecule has 0 bridgehead atoms. The molecule has 0 aliphatic carbocycles. The lowest BCUT2D eigenvalue weighted by Gasteiger charge is -2.25. The van der Waals surface area contributed by atoms with E-state index >= 15 is 0 Å². The quantitative estimate of drug-likeness (QED) is 0.627. The summed E-state index contributed by atoms with van der Waals surface area (Å²) in [6.45, 7) is 2.84. The fourth-order valence-electron chi connectivity index (χ4n) is 4.78. The maximum atomic E-state index is 14.4. The highest BCUT2D eigenvalue weighted by Crippen LogP contribution is 2.35. The number of aromatic nitrogens is 2. The van der Waals surface area contributed by atoms with Gasteiger partial charge in [0.05, 0.1) is 34.5 Å². The summed E-state index contributed by atoms with van der Waals surface area (Å²) in [4.78, 5) is 33.6. The van der Waals surface area contributed by atoms with E-state index in [1.54, 1.807) is 0 Å². The summed E-state index contributed by atoms with van der Waals surface area (Å²) in [5.41, 5.74) is 2.15. The van der Waals surface area contributed by atoms with E-state index < -0.39 is 17.0 Å². The average Bonchev–Trinajstić information content (AvgIpc) is 3.37. The number of nitrogens with one attached hydrogen (secondary N) is 2. The molecule has 6 nitrogen and oxygen atoms in total. The molecule has 2 aliphatic heterocycles. The van der Waals surface area contributed by atoms with Crippen LogP contribution in [0.1, 0.15) is 52.6 Å². The highest BCUT2D eigenvalue weighted by atomic mass is 19.1. The lowest BCUT2D eigenvalue weighted by molar-refractivity contribution is -0.124. The van der Waals surface area contributed by atoms with E-state index in [1.807, 2.05) is 31.2 Å². The first-order chi connectivity index (χ1) is 15.9. The largest absolute Gasteiger partial charge is 0.355 e. The van der Waals surface area contributed by atoms with Crippen molar-refractivity contribution in [1.82, 2.24) is 20.6 Å². The van der Waals surface area contributed by atoms with Gasteiger partial charge in [0, 0.05) is 13.0 Å². The number of benzene rings is 2. The Labute approximate surface area is 189 Å². The molecule has 168 valence electrons. The fourth-order valence-corrected chi connectivity index (χ4v) is 4.78. The van der Waals surface area contributed by atoms with Gasteiger partial charge in [-0.1, -0.05) is 37.3 Å². The van der Waals surface area contributed by atoms with Gasteiger partial charge in [0.1, 0.15) is 11.6 Å². The Hall–Kier alpha value is -3.68. The monoisotopic (exact) mass is 448 g/mol. The van der Waals surface area contributed by atoms with Gasteiger partial charge >= 0.3 is 0 Å². The molecule has 3 heterocycles. The van der Waals surface area contributed by atoms with E-state index in [4.69, 9.17) is 0 Å². The van der Waals surface area contributed by atoms with Crippen LogP contribution in [0.5, 0.6) is 0 Å². The molecular weight excluding hydrogens is 426 g/mol. The predicted molar refractivity (Wildman–Crippen MR) is 117 cm³/mol. The summed E-state index contributed by atoms with van der Waals surface area (Å²) in [5, 5.41) is 5.63. The van der Waals surface area contributed by atoms with Crippen molar-refractivity contribution in [2.24, 2.45) is 0 Å². The summed E-state index contributed by atoms with van der Waals surface area (Å²) >= 11 is 0. The Morgan fingerprint density at radius 3 is 2.33 bits per heavy atom. The number of amides is 2. The minimum Gasteiger partial charge on any atom is -0.355 e. The Bertz CT molecular complexity index is 1260. The van der Waals surface area contributed by atoms with Crippen LogP contribution in [0.4, 0.5) is 8.78 Å². The molecule has 0 unspecified atom stereocenters. The van der Waals surface area contributed by atoms with Crippen LogP contribution in [-0.4, -0.2) is 28.3 Å². The molecule has 1 atom stereocenters. The Morgan fingerprint density at radius 2 is 1.70 bits per heavy atom. The van der Waals surface area contributed by atoms with Crippen LogP contribution >= 0.6 is 0 Å². The Balaban J connectivity index is 1.53. The van der Waals surface area contributed by atoms with E-state index in [0.29, 0.717) is 29.9 Å². The predicted octanol–water partition coefficient (Wildman–Crippen LogP) is 3.42. The molecule has 1 fully saturated rings. The molecule has 2 aliphatic rings. The van der Waals surface area contributed by atoms with Crippen molar-refractivity contribution in [2.45, 2.75) is 38.1 Å². The zero-order valence-electron chi connectivity index (χ0n) is 18.0. The number of nitrogens with zero attached hydrogens (tertiary/aromatic N) is 2. The summed E-state index contributed by atoms with van der Waals surface area (Å²) < 4.78 is 28.8. The van der Waals surface area contributed by atoms with E-state index in [0.717, 1.165) is 29.7 Å². The Kier molecular flexibility index (Phi) is 5.15. The average molecular weight is 448 g/mol. The van der Waals surface area contributed by atoms with E-state index in [-0.39, 0.29) is 36.2 Å². The summed E-state index contributed by atoms with van der Waals surface area (Å²) in [6.07, 6.45) is 1.74. The normalized spacial score (nSPS) is 19.4. The summed E-state index contributed by atoms with van der Waals surface area (Å²) in [5.74, 6) is -1.87. The van der Waals surface area contributed by atoms with Crippen molar-refractivity contribution in [2.75, 3.05) is 6.54 Å². The van der Waals surface area contributed by atoms with Crippen LogP contribution in [0.3, 0.4) is 0 Å². The smallest absolute Gasteiger partial charge is 0.255 e. The minimum absolute atomic E-state index is 0.0413. The van der Waals surface area contributed by atoms with Crippen LogP contribution in [0.25, 0.3) is 11.4 Å². The van der Waals surface area contributed by atoms with Gasteiger partial charge in [-0.05, 0) is 36.1 Å². The number of hydrogen-bond acceptors (Lipinski definition) is 4. The van der Waals surface area contributed by atoms with E-state index in [2.05, 4.69) is 20.6 Å². The standard InChI is InChI=1S/C25H22F2N4O2/c1-2-25(10-11-28-24(25)33)15-8-6-14(7-9-15)12-18-21-19(13-29-23(21)32)31-22(30-18)20-16(26)4-3-5-17(20)27/h3-9H,2,10-13H2,1H3,(H,28,33)(H,29,32)/t25-/m0/s1. The van der Waals surface area contributed by atoms with Crippen LogP contribution < -0.4 is 10.6 Å². The van der Waals surface area contributed by atoms with Gasteiger partial charge in [-0.25, -0.2) is 18.7 Å². The van der Waals surface area contributed by atoms with E-state index in [1.165, 1.54) is 6.07 Å². The molecule has 2 aromatic carbocycles. The molecule has 2 N–H and O–H groups in total. The first-order valence-corrected chi connectivity index (χ1v) is 10.9. The second kappa shape index (κ2) is 8.03. The third-order valence-electron chi connectivity index (χ3n) is 6.64. The highest BCUT2D eigenvalue weighted by Gasteiger charge is 2.42. The second-order valence-electron chi connectivity index (χ2n) is 8.41. The maximum Gasteiger partial charge on any atom is 0.255 e. The van der Waals surface area contributed by atoms with Gasteiger partial charge in [0.2, 0.25) is 5.91 Å². The van der Waals surface area contributed by atoms with Gasteiger partial charge in [0.15, 0.2) is 5.82 Å². The first kappa shape index (κ1) is 21.2. The van der Waals surface area contributed by atoms with Crippen molar-refractivity contribution in [3.63, 3.8) is 0 Å². The number of hydrogen-bond donors (Lipinski definition) is 2. The number of halogens is 2. The lowest BCUT2D eigenvalue weighted by atomic mass is 9.76. The second-order valence-corrected chi connectivity index (χ2v) is 8.41. The van der Waals surface area contributed by atoms with Crippen LogP contribution in [0.2, 0.25) is 0 Å². The lowest BCUT2D eigenvalue weighted by Crippen LogP contribution is -2.34. The summed E-state index contributed by atoms with van der Waals surface area (Å²) in [7, 11) is 0. The molecular formula is C25H22F2N4O2. The molecule has 1 saturated heterocycles. The highest BCUT2D eigenvalue weighted by molar-refractivity contribution is 5.99. The number of carbonyl (C=O) groups excluding carboxylic acids is 2. The third-order valence-corrected chi connectivity index (χ3v) is 6.64. The van der Waals surface area contributed by atoms with Crippen molar-refractivity contribution >= 4 is 11.8 Å². The number of rotatable bonds is 5. The van der Waals surface area contributed by atoms with E-state index in [9.17, 15) is 18.4 Å². The van der Waals surface area contributed by atoms with Crippen molar-refractivity contribution in [3.8, 4) is 11.4 Å². The van der Waals surface area contributed by atoms with Crippen molar-refractivity contribution in [1.29, 1.82) is 0 Å². The molecule has 0 radical (unpaired) electrons. The van der Waals surface area contributed by atoms with Crippen LogP contribution in [0.15, 0.2) is 42.5 Å². The van der Waals surface area contributed by atoms with Gasteiger partial charge in [-0.3, -0.25) is 9.59 Å². The molecule has 2 amide bonds. The van der Waals surface area contributed by atoms with Crippen LogP contribution in [-0.2, 0) is 23.2 Å². The number of carbonyl (C=O) groups is 2.